The third kappa shape index (κ3) is 3.16. The Hall–Kier alpha value is -1.16. The van der Waals surface area contributed by atoms with Crippen LogP contribution in [0.25, 0.3) is 0 Å². The maximum Gasteiger partial charge on any atom is 0.178 e. The summed E-state index contributed by atoms with van der Waals surface area (Å²) in [6, 6.07) is 3.37. The third-order valence-corrected chi connectivity index (χ3v) is 2.59. The molecule has 15 heavy (non-hydrogen) atoms. The Kier molecular flexibility index (Phi) is 4.03. The Morgan fingerprint density at radius 3 is 2.40 bits per heavy atom. The summed E-state index contributed by atoms with van der Waals surface area (Å²) >= 11 is 1.17. The quantitative estimate of drug-likeness (QED) is 0.734. The van der Waals surface area contributed by atoms with Crippen molar-refractivity contribution >= 4 is 17.5 Å². The first-order valence-electron chi connectivity index (χ1n) is 4.28. The van der Waals surface area contributed by atoms with Crippen molar-refractivity contribution in [2.45, 2.75) is 6.92 Å². The van der Waals surface area contributed by atoms with Crippen molar-refractivity contribution < 1.29 is 13.6 Å². The monoisotopic (exact) mass is 228 g/mol. The number of thioether (sulfide) groups is 1. The normalized spacial score (nSPS) is 10.1. The van der Waals surface area contributed by atoms with E-state index >= 15 is 0 Å². The van der Waals surface area contributed by atoms with Crippen LogP contribution in [0, 0.1) is 11.6 Å². The van der Waals surface area contributed by atoms with E-state index in [1.165, 1.54) is 17.8 Å². The molecule has 0 bridgehead atoms. The van der Waals surface area contributed by atoms with Gasteiger partial charge in [0.25, 0.3) is 0 Å². The minimum atomic E-state index is -0.817. The standard InChI is InChI=1S/C11H10F2OS/c1-7(2)15-6-10(14)11-8(12)4-3-5-9(11)13/h3-5H,1,6H2,2H3. The lowest BCUT2D eigenvalue weighted by molar-refractivity contribution is 0.101. The van der Waals surface area contributed by atoms with E-state index in [1.54, 1.807) is 6.92 Å². The van der Waals surface area contributed by atoms with Crippen LogP contribution >= 0.6 is 11.8 Å². The highest BCUT2D eigenvalue weighted by Crippen LogP contribution is 2.18. The molecule has 0 N–H and O–H groups in total. The molecule has 0 radical (unpaired) electrons. The SMILES string of the molecule is C=C(C)SCC(=O)c1c(F)cccc1F. The van der Waals surface area contributed by atoms with Gasteiger partial charge in [0.2, 0.25) is 0 Å². The van der Waals surface area contributed by atoms with Gasteiger partial charge in [-0.05, 0) is 24.0 Å². The van der Waals surface area contributed by atoms with Crippen LogP contribution in [-0.2, 0) is 0 Å². The smallest absolute Gasteiger partial charge is 0.178 e. The van der Waals surface area contributed by atoms with Gasteiger partial charge < -0.3 is 0 Å². The van der Waals surface area contributed by atoms with Crippen molar-refractivity contribution in [2.75, 3.05) is 5.75 Å². The van der Waals surface area contributed by atoms with Crippen molar-refractivity contribution in [1.82, 2.24) is 0 Å². The summed E-state index contributed by atoms with van der Waals surface area (Å²) < 4.78 is 26.3. The van der Waals surface area contributed by atoms with Crippen molar-refractivity contribution in [2.24, 2.45) is 0 Å². The van der Waals surface area contributed by atoms with Crippen molar-refractivity contribution in [3.8, 4) is 0 Å². The number of rotatable bonds is 4. The minimum absolute atomic E-state index is 0.00713. The van der Waals surface area contributed by atoms with E-state index in [-0.39, 0.29) is 5.75 Å². The molecule has 0 aliphatic heterocycles. The molecule has 1 nitrogen and oxygen atoms in total. The predicted molar refractivity (Wildman–Crippen MR) is 58.0 cm³/mol. The first kappa shape index (κ1) is 11.9. The van der Waals surface area contributed by atoms with Crippen LogP contribution in [0.15, 0.2) is 29.7 Å². The molecule has 0 aliphatic carbocycles. The molecule has 0 saturated carbocycles. The van der Waals surface area contributed by atoms with Gasteiger partial charge in [-0.25, -0.2) is 8.78 Å². The van der Waals surface area contributed by atoms with Gasteiger partial charge in [-0.2, -0.15) is 0 Å². The highest BCUT2D eigenvalue weighted by Gasteiger charge is 2.16. The Labute approximate surface area is 91.2 Å². The fraction of sp³-hybridized carbons (Fsp3) is 0.182. The second kappa shape index (κ2) is 5.07. The van der Waals surface area contributed by atoms with Crippen molar-refractivity contribution in [3.05, 3.63) is 46.9 Å². The molecule has 80 valence electrons. The largest absolute Gasteiger partial charge is 0.293 e. The number of halogens is 2. The number of hydrogen-bond donors (Lipinski definition) is 0. The topological polar surface area (TPSA) is 17.1 Å². The molecular weight excluding hydrogens is 218 g/mol. The highest BCUT2D eigenvalue weighted by molar-refractivity contribution is 8.03. The number of carbonyl (C=O) groups is 1. The Morgan fingerprint density at radius 1 is 1.40 bits per heavy atom. The molecule has 0 fully saturated rings. The molecule has 0 atom stereocenters. The summed E-state index contributed by atoms with van der Waals surface area (Å²) in [6.07, 6.45) is 0. The van der Waals surface area contributed by atoms with Crippen molar-refractivity contribution in [3.63, 3.8) is 0 Å². The first-order chi connectivity index (χ1) is 7.02. The summed E-state index contributed by atoms with van der Waals surface area (Å²) in [4.78, 5) is 12.2. The number of allylic oxidation sites excluding steroid dienone is 1. The van der Waals surface area contributed by atoms with E-state index in [9.17, 15) is 13.6 Å². The molecule has 0 aromatic heterocycles. The van der Waals surface area contributed by atoms with Crippen molar-refractivity contribution in [1.29, 1.82) is 0 Å². The zero-order chi connectivity index (χ0) is 11.4. The molecule has 0 spiro atoms. The van der Waals surface area contributed by atoms with Gasteiger partial charge in [-0.15, -0.1) is 11.8 Å². The van der Waals surface area contributed by atoms with Crippen LogP contribution in [0.4, 0.5) is 8.78 Å². The number of Topliss-reactive ketones (excluding diaryl/α,β-unsaturated/α-hetero) is 1. The molecule has 4 heteroatoms. The van der Waals surface area contributed by atoms with E-state index < -0.39 is 23.0 Å². The van der Waals surface area contributed by atoms with Crippen LogP contribution in [0.3, 0.4) is 0 Å². The van der Waals surface area contributed by atoms with Crippen LogP contribution in [0.2, 0.25) is 0 Å². The zero-order valence-corrected chi connectivity index (χ0v) is 9.04. The van der Waals surface area contributed by atoms with Gasteiger partial charge in [0.05, 0.1) is 11.3 Å². The third-order valence-electron chi connectivity index (χ3n) is 1.69. The maximum absolute atomic E-state index is 13.1. The van der Waals surface area contributed by atoms with E-state index in [0.717, 1.165) is 17.0 Å². The average molecular weight is 228 g/mol. The number of carbonyl (C=O) groups excluding carboxylic acids is 1. The van der Waals surface area contributed by atoms with Crippen LogP contribution in [0.5, 0.6) is 0 Å². The lowest BCUT2D eigenvalue weighted by atomic mass is 10.1. The molecular formula is C11H10F2OS. The lowest BCUT2D eigenvalue weighted by Gasteiger charge is -2.03. The van der Waals surface area contributed by atoms with Gasteiger partial charge in [-0.3, -0.25) is 4.79 Å². The number of hydrogen-bond acceptors (Lipinski definition) is 2. The molecule has 0 saturated heterocycles. The van der Waals surface area contributed by atoms with Gasteiger partial charge in [-0.1, -0.05) is 12.6 Å². The minimum Gasteiger partial charge on any atom is -0.293 e. The van der Waals surface area contributed by atoms with E-state index in [0.29, 0.717) is 0 Å². The van der Waals surface area contributed by atoms with Gasteiger partial charge in [0, 0.05) is 0 Å². The predicted octanol–water partition coefficient (Wildman–Crippen LogP) is 3.41. The highest BCUT2D eigenvalue weighted by atomic mass is 32.2. The second-order valence-electron chi connectivity index (χ2n) is 3.01. The van der Waals surface area contributed by atoms with E-state index in [1.807, 2.05) is 0 Å². The van der Waals surface area contributed by atoms with Gasteiger partial charge >= 0.3 is 0 Å². The summed E-state index contributed by atoms with van der Waals surface area (Å²) in [5, 5.41) is 0. The Morgan fingerprint density at radius 2 is 1.93 bits per heavy atom. The Balaban J connectivity index is 2.86. The molecule has 0 aliphatic rings. The lowest BCUT2D eigenvalue weighted by Crippen LogP contribution is -2.08. The van der Waals surface area contributed by atoms with E-state index in [2.05, 4.69) is 6.58 Å². The molecule has 1 aromatic rings. The number of benzene rings is 1. The van der Waals surface area contributed by atoms with Crippen LogP contribution in [0.1, 0.15) is 17.3 Å². The second-order valence-corrected chi connectivity index (χ2v) is 4.28. The van der Waals surface area contributed by atoms with Gasteiger partial charge in [0.1, 0.15) is 11.6 Å². The summed E-state index contributed by atoms with van der Waals surface area (Å²) in [5.74, 6) is -2.18. The summed E-state index contributed by atoms with van der Waals surface area (Å²) in [7, 11) is 0. The van der Waals surface area contributed by atoms with E-state index in [4.69, 9.17) is 0 Å². The fourth-order valence-corrected chi connectivity index (χ4v) is 1.55. The molecule has 0 unspecified atom stereocenters. The maximum atomic E-state index is 13.1. The Bertz CT molecular complexity index is 381. The molecule has 1 rings (SSSR count). The van der Waals surface area contributed by atoms with Gasteiger partial charge in [0.15, 0.2) is 5.78 Å². The fourth-order valence-electron chi connectivity index (χ4n) is 1.03. The summed E-state index contributed by atoms with van der Waals surface area (Å²) in [5.41, 5.74) is -0.466. The number of ketones is 1. The zero-order valence-electron chi connectivity index (χ0n) is 8.22. The first-order valence-corrected chi connectivity index (χ1v) is 5.26. The molecule has 0 amide bonds. The average Bonchev–Trinajstić information content (AvgIpc) is 2.14. The van der Waals surface area contributed by atoms with Crippen LogP contribution < -0.4 is 0 Å². The molecule has 1 aromatic carbocycles. The van der Waals surface area contributed by atoms with Crippen LogP contribution in [-0.4, -0.2) is 11.5 Å². The molecule has 0 heterocycles. The summed E-state index contributed by atoms with van der Waals surface area (Å²) in [6.45, 7) is 5.32.